The van der Waals surface area contributed by atoms with E-state index in [0.29, 0.717) is 17.9 Å². The van der Waals surface area contributed by atoms with Crippen molar-refractivity contribution >= 4 is 5.69 Å². The average Bonchev–Trinajstić information content (AvgIpc) is 2.86. The molecule has 0 amide bonds. The van der Waals surface area contributed by atoms with Gasteiger partial charge >= 0.3 is 0 Å². The van der Waals surface area contributed by atoms with E-state index in [-0.39, 0.29) is 6.10 Å². The van der Waals surface area contributed by atoms with E-state index >= 15 is 0 Å². The van der Waals surface area contributed by atoms with Crippen LogP contribution < -0.4 is 5.32 Å². The molecular weight excluding hydrogens is 186 g/mol. The second-order valence-electron chi connectivity index (χ2n) is 5.11. The fourth-order valence-electron chi connectivity index (χ4n) is 2.09. The highest BCUT2D eigenvalue weighted by Gasteiger charge is 2.49. The number of benzene rings is 1. The molecule has 0 bridgehead atoms. The molecule has 0 spiro atoms. The van der Waals surface area contributed by atoms with Gasteiger partial charge < -0.3 is 10.4 Å². The largest absolute Gasteiger partial charge is 0.391 e. The molecule has 1 aromatic rings. The Kier molecular flexibility index (Phi) is 2.70. The van der Waals surface area contributed by atoms with Crippen LogP contribution in [-0.2, 0) is 0 Å². The molecule has 2 N–H and O–H groups in total. The van der Waals surface area contributed by atoms with Gasteiger partial charge in [-0.3, -0.25) is 0 Å². The number of anilines is 1. The zero-order chi connectivity index (χ0) is 10.9. The molecule has 2 atom stereocenters. The first-order chi connectivity index (χ1) is 7.09. The summed E-state index contributed by atoms with van der Waals surface area (Å²) in [5, 5.41) is 13.2. The third kappa shape index (κ3) is 2.51. The predicted octanol–water partition coefficient (Wildman–Crippen LogP) is 2.51. The summed E-state index contributed by atoms with van der Waals surface area (Å²) in [6.45, 7) is 5.07. The number of hydrogen-bond donors (Lipinski definition) is 2. The standard InChI is InChI=1S/C13H19NO/c1-13(2)8-11(13)12(15)9-14-10-6-4-3-5-7-10/h3-7,11-12,14-15H,8-9H2,1-2H3. The molecule has 0 aliphatic heterocycles. The first kappa shape index (κ1) is 10.5. The Morgan fingerprint density at radius 1 is 1.40 bits per heavy atom. The van der Waals surface area contributed by atoms with Crippen LogP contribution in [0.1, 0.15) is 20.3 Å². The maximum absolute atomic E-state index is 9.92. The van der Waals surface area contributed by atoms with E-state index in [4.69, 9.17) is 0 Å². The monoisotopic (exact) mass is 205 g/mol. The van der Waals surface area contributed by atoms with Crippen molar-refractivity contribution in [3.05, 3.63) is 30.3 Å². The normalized spacial score (nSPS) is 24.6. The van der Waals surface area contributed by atoms with Gasteiger partial charge in [-0.1, -0.05) is 32.0 Å². The van der Waals surface area contributed by atoms with Crippen LogP contribution in [0.4, 0.5) is 5.69 Å². The van der Waals surface area contributed by atoms with Gasteiger partial charge in [-0.2, -0.15) is 0 Å². The summed E-state index contributed by atoms with van der Waals surface area (Å²) >= 11 is 0. The topological polar surface area (TPSA) is 32.3 Å². The summed E-state index contributed by atoms with van der Waals surface area (Å²) in [5.41, 5.74) is 1.42. The van der Waals surface area contributed by atoms with E-state index in [9.17, 15) is 5.11 Å². The maximum Gasteiger partial charge on any atom is 0.0745 e. The highest BCUT2D eigenvalue weighted by Crippen LogP contribution is 2.53. The van der Waals surface area contributed by atoms with Crippen LogP contribution in [0.3, 0.4) is 0 Å². The van der Waals surface area contributed by atoms with Crippen molar-refractivity contribution in [2.75, 3.05) is 11.9 Å². The number of hydrogen-bond acceptors (Lipinski definition) is 2. The minimum atomic E-state index is -0.222. The minimum absolute atomic E-state index is 0.222. The SMILES string of the molecule is CC1(C)CC1C(O)CNc1ccccc1. The van der Waals surface area contributed by atoms with Crippen molar-refractivity contribution in [3.63, 3.8) is 0 Å². The number of aliphatic hydroxyl groups is 1. The van der Waals surface area contributed by atoms with Crippen molar-refractivity contribution < 1.29 is 5.11 Å². The van der Waals surface area contributed by atoms with Gasteiger partial charge in [-0.15, -0.1) is 0 Å². The molecule has 2 rings (SSSR count). The Morgan fingerprint density at radius 2 is 2.00 bits per heavy atom. The van der Waals surface area contributed by atoms with Crippen LogP contribution in [0.2, 0.25) is 0 Å². The van der Waals surface area contributed by atoms with Gasteiger partial charge in [-0.05, 0) is 29.9 Å². The van der Waals surface area contributed by atoms with Gasteiger partial charge in [0.05, 0.1) is 6.10 Å². The summed E-state index contributed by atoms with van der Waals surface area (Å²) in [7, 11) is 0. The molecular formula is C13H19NO. The van der Waals surface area contributed by atoms with Crippen LogP contribution in [0.25, 0.3) is 0 Å². The Bertz CT molecular complexity index is 321. The van der Waals surface area contributed by atoms with E-state index in [1.165, 1.54) is 0 Å². The number of nitrogens with one attached hydrogen (secondary N) is 1. The van der Waals surface area contributed by atoms with Gasteiger partial charge in [-0.25, -0.2) is 0 Å². The maximum atomic E-state index is 9.92. The molecule has 0 radical (unpaired) electrons. The van der Waals surface area contributed by atoms with Crippen molar-refractivity contribution in [3.8, 4) is 0 Å². The molecule has 2 nitrogen and oxygen atoms in total. The molecule has 1 saturated carbocycles. The third-order valence-electron chi connectivity index (χ3n) is 3.34. The van der Waals surface area contributed by atoms with E-state index in [1.807, 2.05) is 30.3 Å². The molecule has 1 aromatic carbocycles. The van der Waals surface area contributed by atoms with Crippen molar-refractivity contribution in [1.29, 1.82) is 0 Å². The lowest BCUT2D eigenvalue weighted by atomic mass is 10.1. The summed E-state index contributed by atoms with van der Waals surface area (Å²) in [5.74, 6) is 0.466. The molecule has 0 aromatic heterocycles. The zero-order valence-corrected chi connectivity index (χ0v) is 9.40. The zero-order valence-electron chi connectivity index (χ0n) is 9.40. The number of para-hydroxylation sites is 1. The van der Waals surface area contributed by atoms with E-state index < -0.39 is 0 Å². The summed E-state index contributed by atoms with van der Waals surface area (Å²) in [4.78, 5) is 0. The van der Waals surface area contributed by atoms with Gasteiger partial charge in [0.1, 0.15) is 0 Å². The molecule has 2 unspecified atom stereocenters. The van der Waals surface area contributed by atoms with Crippen LogP contribution in [0.5, 0.6) is 0 Å². The molecule has 0 saturated heterocycles. The third-order valence-corrected chi connectivity index (χ3v) is 3.34. The lowest BCUT2D eigenvalue weighted by Gasteiger charge is -2.14. The highest BCUT2D eigenvalue weighted by molar-refractivity contribution is 5.42. The first-order valence-electron chi connectivity index (χ1n) is 5.56. The molecule has 1 aliphatic rings. The van der Waals surface area contributed by atoms with Crippen LogP contribution in [0, 0.1) is 11.3 Å². The lowest BCUT2D eigenvalue weighted by Crippen LogP contribution is -2.23. The summed E-state index contributed by atoms with van der Waals surface area (Å²) in [6, 6.07) is 10.0. The summed E-state index contributed by atoms with van der Waals surface area (Å²) < 4.78 is 0. The molecule has 82 valence electrons. The van der Waals surface area contributed by atoms with Crippen LogP contribution >= 0.6 is 0 Å². The minimum Gasteiger partial charge on any atom is -0.391 e. The number of rotatable bonds is 4. The number of aliphatic hydroxyl groups excluding tert-OH is 1. The molecule has 1 aliphatic carbocycles. The van der Waals surface area contributed by atoms with Gasteiger partial charge in [0.2, 0.25) is 0 Å². The molecule has 2 heteroatoms. The molecule has 0 heterocycles. The fraction of sp³-hybridized carbons (Fsp3) is 0.538. The Morgan fingerprint density at radius 3 is 2.53 bits per heavy atom. The predicted molar refractivity (Wildman–Crippen MR) is 62.8 cm³/mol. The van der Waals surface area contributed by atoms with E-state index in [1.54, 1.807) is 0 Å². The van der Waals surface area contributed by atoms with Crippen molar-refractivity contribution in [1.82, 2.24) is 0 Å². The second kappa shape index (κ2) is 3.86. The van der Waals surface area contributed by atoms with Crippen LogP contribution in [-0.4, -0.2) is 17.8 Å². The van der Waals surface area contributed by atoms with E-state index in [0.717, 1.165) is 12.1 Å². The second-order valence-corrected chi connectivity index (χ2v) is 5.11. The van der Waals surface area contributed by atoms with Gasteiger partial charge in [0.15, 0.2) is 0 Å². The Labute approximate surface area is 91.3 Å². The Hall–Kier alpha value is -1.02. The average molecular weight is 205 g/mol. The van der Waals surface area contributed by atoms with Crippen molar-refractivity contribution in [2.45, 2.75) is 26.4 Å². The quantitative estimate of drug-likeness (QED) is 0.791. The van der Waals surface area contributed by atoms with Crippen LogP contribution in [0.15, 0.2) is 30.3 Å². The summed E-state index contributed by atoms with van der Waals surface area (Å²) in [6.07, 6.45) is 0.921. The Balaban J connectivity index is 1.80. The molecule has 15 heavy (non-hydrogen) atoms. The fourth-order valence-corrected chi connectivity index (χ4v) is 2.09. The first-order valence-corrected chi connectivity index (χ1v) is 5.56. The molecule has 1 fully saturated rings. The van der Waals surface area contributed by atoms with Crippen molar-refractivity contribution in [2.24, 2.45) is 11.3 Å². The highest BCUT2D eigenvalue weighted by atomic mass is 16.3. The van der Waals surface area contributed by atoms with Gasteiger partial charge in [0, 0.05) is 12.2 Å². The van der Waals surface area contributed by atoms with E-state index in [2.05, 4.69) is 19.2 Å². The smallest absolute Gasteiger partial charge is 0.0745 e. The lowest BCUT2D eigenvalue weighted by molar-refractivity contribution is 0.149. The van der Waals surface area contributed by atoms with Gasteiger partial charge in [0.25, 0.3) is 0 Å².